The summed E-state index contributed by atoms with van der Waals surface area (Å²) in [5, 5.41) is 12.3. The minimum Gasteiger partial charge on any atom is -0.371 e. The van der Waals surface area contributed by atoms with Gasteiger partial charge in [0.05, 0.1) is 4.90 Å². The molecule has 10 heteroatoms. The predicted octanol–water partition coefficient (Wildman–Crippen LogP) is 1.81. The molecule has 3 N–H and O–H groups in total. The third-order valence-electron chi connectivity index (χ3n) is 7.98. The van der Waals surface area contributed by atoms with Gasteiger partial charge in [0, 0.05) is 37.8 Å². The fraction of sp³-hybridized carbons (Fsp3) is 0.680. The third kappa shape index (κ3) is 5.06. The van der Waals surface area contributed by atoms with Crippen LogP contribution >= 0.6 is 0 Å². The molecule has 0 bridgehead atoms. The van der Waals surface area contributed by atoms with Crippen molar-refractivity contribution in [3.63, 3.8) is 0 Å². The highest BCUT2D eigenvalue weighted by Crippen LogP contribution is 2.35. The van der Waals surface area contributed by atoms with Gasteiger partial charge < -0.3 is 15.1 Å². The first-order valence-electron chi connectivity index (χ1n) is 12.7. The fourth-order valence-electron chi connectivity index (χ4n) is 6.10. The van der Waals surface area contributed by atoms with Crippen molar-refractivity contribution in [2.24, 2.45) is 17.8 Å². The number of sulfone groups is 1. The number of anilines is 1. The van der Waals surface area contributed by atoms with Crippen LogP contribution in [0.3, 0.4) is 0 Å². The Labute approximate surface area is 208 Å². The van der Waals surface area contributed by atoms with Gasteiger partial charge in [-0.1, -0.05) is 13.8 Å². The van der Waals surface area contributed by atoms with E-state index in [0.29, 0.717) is 24.9 Å². The van der Waals surface area contributed by atoms with Gasteiger partial charge >= 0.3 is 0 Å². The van der Waals surface area contributed by atoms with Gasteiger partial charge in [-0.05, 0) is 81.3 Å². The van der Waals surface area contributed by atoms with Crippen LogP contribution in [0.1, 0.15) is 46.0 Å². The number of nitrogens with zero attached hydrogens (tertiary/aromatic N) is 2. The summed E-state index contributed by atoms with van der Waals surface area (Å²) in [6.45, 7) is 8.38. The molecule has 2 amide bonds. The summed E-state index contributed by atoms with van der Waals surface area (Å²) in [5.74, 6) is 0.529. The van der Waals surface area contributed by atoms with Crippen LogP contribution in [0.25, 0.3) is 0 Å². The number of hydrogen-bond acceptors (Lipinski definition) is 7. The Morgan fingerprint density at radius 2 is 1.60 bits per heavy atom. The van der Waals surface area contributed by atoms with Crippen LogP contribution in [0.5, 0.6) is 0 Å². The zero-order valence-electron chi connectivity index (χ0n) is 20.7. The molecule has 1 aromatic rings. The number of carbonyl (C=O) groups excluding carboxylic acids is 2. The second-order valence-corrected chi connectivity index (χ2v) is 12.9. The lowest BCUT2D eigenvalue weighted by atomic mass is 9.89. The summed E-state index contributed by atoms with van der Waals surface area (Å²) in [6.07, 6.45) is 2.94. The second-order valence-electron chi connectivity index (χ2n) is 10.6. The monoisotopic (exact) mass is 506 g/mol. The summed E-state index contributed by atoms with van der Waals surface area (Å²) >= 11 is 0. The third-order valence-corrected chi connectivity index (χ3v) is 10.5. The predicted molar refractivity (Wildman–Crippen MR) is 133 cm³/mol. The van der Waals surface area contributed by atoms with E-state index in [4.69, 9.17) is 0 Å². The fourth-order valence-corrected chi connectivity index (χ4v) is 8.07. The second kappa shape index (κ2) is 10.4. The largest absolute Gasteiger partial charge is 0.371 e. The van der Waals surface area contributed by atoms with Gasteiger partial charge in [0.15, 0.2) is 14.6 Å². The van der Waals surface area contributed by atoms with E-state index in [1.54, 1.807) is 29.7 Å². The van der Waals surface area contributed by atoms with E-state index < -0.39 is 20.5 Å². The van der Waals surface area contributed by atoms with E-state index in [0.717, 1.165) is 44.7 Å². The van der Waals surface area contributed by atoms with E-state index in [1.807, 2.05) is 0 Å². The number of hydrogen-bond donors (Lipinski definition) is 3. The average molecular weight is 507 g/mol. The topological polar surface area (TPSA) is 119 Å². The van der Waals surface area contributed by atoms with Gasteiger partial charge in [-0.25, -0.2) is 13.9 Å². The molecule has 0 unspecified atom stereocenters. The lowest BCUT2D eigenvalue weighted by Crippen LogP contribution is -2.57. The standard InChI is InChI=1S/C25H38N4O5S/c1-18-15-19(2)17-29(16-18)23(30)20-7-13-28(14-8-20)21-3-5-22(6-4-21)35(33,34)25(24(31)27-32)9-11-26-12-10-25/h3-6,18-20,26,32H,7-17H2,1-2H3,(H,27,31)/t18-,19-/m0/s1. The van der Waals surface area contributed by atoms with Gasteiger partial charge in [0.25, 0.3) is 5.91 Å². The van der Waals surface area contributed by atoms with E-state index in [1.165, 1.54) is 6.42 Å². The Bertz CT molecular complexity index is 1000. The molecule has 0 saturated carbocycles. The molecule has 194 valence electrons. The summed E-state index contributed by atoms with van der Waals surface area (Å²) in [5.41, 5.74) is 2.47. The molecule has 35 heavy (non-hydrogen) atoms. The Kier molecular flexibility index (Phi) is 7.73. The Morgan fingerprint density at radius 3 is 2.14 bits per heavy atom. The molecular formula is C25H38N4O5S. The molecule has 0 aliphatic carbocycles. The van der Waals surface area contributed by atoms with Crippen LogP contribution < -0.4 is 15.7 Å². The van der Waals surface area contributed by atoms with Crippen molar-refractivity contribution in [1.29, 1.82) is 0 Å². The minimum absolute atomic E-state index is 0.0418. The van der Waals surface area contributed by atoms with E-state index in [9.17, 15) is 23.2 Å². The molecule has 4 rings (SSSR count). The van der Waals surface area contributed by atoms with Crippen molar-refractivity contribution in [2.45, 2.75) is 55.6 Å². The first-order chi connectivity index (χ1) is 16.7. The minimum atomic E-state index is -4.00. The maximum atomic E-state index is 13.5. The number of carbonyl (C=O) groups is 2. The van der Waals surface area contributed by atoms with Crippen molar-refractivity contribution in [3.05, 3.63) is 24.3 Å². The Hall–Kier alpha value is -2.17. The van der Waals surface area contributed by atoms with Crippen molar-refractivity contribution >= 4 is 27.3 Å². The molecular weight excluding hydrogens is 468 g/mol. The molecule has 0 aromatic heterocycles. The van der Waals surface area contributed by atoms with Gasteiger partial charge in [-0.2, -0.15) is 0 Å². The molecule has 1 aromatic carbocycles. The molecule has 3 aliphatic rings. The maximum absolute atomic E-state index is 13.5. The summed E-state index contributed by atoms with van der Waals surface area (Å²) in [7, 11) is -4.00. The van der Waals surface area contributed by atoms with E-state index in [-0.39, 0.29) is 29.6 Å². The average Bonchev–Trinajstić information content (AvgIpc) is 2.87. The van der Waals surface area contributed by atoms with Gasteiger partial charge in [0.2, 0.25) is 5.91 Å². The zero-order chi connectivity index (χ0) is 25.2. The molecule has 3 heterocycles. The van der Waals surface area contributed by atoms with Gasteiger partial charge in [-0.3, -0.25) is 14.8 Å². The normalized spacial score (nSPS) is 25.8. The summed E-state index contributed by atoms with van der Waals surface area (Å²) in [4.78, 5) is 29.9. The molecule has 3 fully saturated rings. The number of benzene rings is 1. The van der Waals surface area contributed by atoms with Crippen LogP contribution in [0.15, 0.2) is 29.2 Å². The van der Waals surface area contributed by atoms with Crippen LogP contribution in [-0.2, 0) is 19.4 Å². The molecule has 0 spiro atoms. The number of hydroxylamine groups is 1. The number of rotatable bonds is 5. The molecule has 2 atom stereocenters. The number of likely N-dealkylation sites (tertiary alicyclic amines) is 1. The Balaban J connectivity index is 1.41. The number of piperidine rings is 3. The highest BCUT2D eigenvalue weighted by Gasteiger charge is 2.51. The highest BCUT2D eigenvalue weighted by atomic mass is 32.2. The summed E-state index contributed by atoms with van der Waals surface area (Å²) < 4.78 is 25.2. The van der Waals surface area contributed by atoms with Gasteiger partial charge in [-0.15, -0.1) is 0 Å². The SMILES string of the molecule is C[C@H]1C[C@H](C)CN(C(=O)C2CCN(c3ccc(S(=O)(=O)C4(C(=O)NO)CCNCC4)cc3)CC2)C1. The Morgan fingerprint density at radius 1 is 1.03 bits per heavy atom. The molecule has 0 radical (unpaired) electrons. The van der Waals surface area contributed by atoms with Crippen molar-refractivity contribution in [3.8, 4) is 0 Å². The highest BCUT2D eigenvalue weighted by molar-refractivity contribution is 7.93. The quantitative estimate of drug-likeness (QED) is 0.412. The lowest BCUT2D eigenvalue weighted by Gasteiger charge is -2.39. The molecule has 3 aliphatic heterocycles. The van der Waals surface area contributed by atoms with Crippen molar-refractivity contribution < 1.29 is 23.2 Å². The van der Waals surface area contributed by atoms with Crippen LogP contribution in [-0.4, -0.2) is 74.4 Å². The van der Waals surface area contributed by atoms with E-state index >= 15 is 0 Å². The van der Waals surface area contributed by atoms with Gasteiger partial charge in [0.1, 0.15) is 0 Å². The first-order valence-corrected chi connectivity index (χ1v) is 14.2. The van der Waals surface area contributed by atoms with Crippen LogP contribution in [0, 0.1) is 17.8 Å². The molecule has 9 nitrogen and oxygen atoms in total. The molecule has 3 saturated heterocycles. The first kappa shape index (κ1) is 25.9. The number of nitrogens with one attached hydrogen (secondary N) is 2. The van der Waals surface area contributed by atoms with Crippen molar-refractivity contribution in [2.75, 3.05) is 44.2 Å². The lowest BCUT2D eigenvalue weighted by molar-refractivity contribution is -0.139. The summed E-state index contributed by atoms with van der Waals surface area (Å²) in [6, 6.07) is 6.64. The maximum Gasteiger partial charge on any atom is 0.265 e. The van der Waals surface area contributed by atoms with Crippen LogP contribution in [0.2, 0.25) is 0 Å². The van der Waals surface area contributed by atoms with Crippen molar-refractivity contribution in [1.82, 2.24) is 15.7 Å². The van der Waals surface area contributed by atoms with E-state index in [2.05, 4.69) is 29.0 Å². The van der Waals surface area contributed by atoms with Crippen LogP contribution in [0.4, 0.5) is 5.69 Å². The smallest absolute Gasteiger partial charge is 0.265 e. The number of amides is 2. The zero-order valence-corrected chi connectivity index (χ0v) is 21.5.